The lowest BCUT2D eigenvalue weighted by molar-refractivity contribution is 0.138. The Morgan fingerprint density at radius 1 is 1.02 bits per heavy atom. The van der Waals surface area contributed by atoms with Gasteiger partial charge in [0.15, 0.2) is 0 Å². The number of ether oxygens (including phenoxy) is 1. The van der Waals surface area contributed by atoms with Crippen molar-refractivity contribution in [3.05, 3.63) is 83.1 Å². The van der Waals surface area contributed by atoms with E-state index in [1.165, 1.54) is 72.0 Å². The van der Waals surface area contributed by atoms with Crippen LogP contribution < -0.4 is 4.74 Å². The Morgan fingerprint density at radius 2 is 1.75 bits per heavy atom. The molecule has 0 N–H and O–H groups in total. The maximum Gasteiger partial charge on any atom is 0.119 e. The molecule has 3 aliphatic rings. The van der Waals surface area contributed by atoms with E-state index in [9.17, 15) is 0 Å². The molecule has 40 heavy (non-hydrogen) atoms. The third-order valence-corrected chi connectivity index (χ3v) is 10.2. The topological polar surface area (TPSA) is 12.5 Å². The third kappa shape index (κ3) is 5.83. The van der Waals surface area contributed by atoms with E-state index < -0.39 is 0 Å². The molecule has 0 radical (unpaired) electrons. The molecule has 3 unspecified atom stereocenters. The number of likely N-dealkylation sites (tertiary alicyclic amines) is 1. The molecule has 2 aliphatic carbocycles. The maximum atomic E-state index is 5.78. The molecule has 2 heteroatoms. The number of piperidine rings is 1. The Balaban J connectivity index is 1.65. The van der Waals surface area contributed by atoms with E-state index >= 15 is 0 Å². The molecule has 3 atom stereocenters. The van der Waals surface area contributed by atoms with E-state index in [1.54, 1.807) is 18.3 Å². The first-order valence-corrected chi connectivity index (χ1v) is 15.8. The largest absolute Gasteiger partial charge is 0.497 e. The summed E-state index contributed by atoms with van der Waals surface area (Å²) in [5.74, 6) is 3.01. The number of benzene rings is 2. The van der Waals surface area contributed by atoms with Gasteiger partial charge in [0.1, 0.15) is 5.75 Å². The van der Waals surface area contributed by atoms with Gasteiger partial charge in [0.2, 0.25) is 0 Å². The summed E-state index contributed by atoms with van der Waals surface area (Å²) in [4.78, 5) is 2.63. The number of rotatable bonds is 6. The minimum Gasteiger partial charge on any atom is -0.497 e. The van der Waals surface area contributed by atoms with Crippen molar-refractivity contribution in [2.45, 2.75) is 85.5 Å². The minimum atomic E-state index is 0.0130. The van der Waals surface area contributed by atoms with Crippen LogP contribution in [-0.2, 0) is 6.42 Å². The van der Waals surface area contributed by atoms with E-state index in [0.717, 1.165) is 49.9 Å². The fourth-order valence-electron chi connectivity index (χ4n) is 8.11. The van der Waals surface area contributed by atoms with Crippen molar-refractivity contribution in [1.82, 2.24) is 4.90 Å². The number of hydrogen-bond acceptors (Lipinski definition) is 2. The Hall–Kier alpha value is -2.74. The van der Waals surface area contributed by atoms with Gasteiger partial charge in [-0.1, -0.05) is 83.5 Å². The Kier molecular flexibility index (Phi) is 8.64. The highest BCUT2D eigenvalue weighted by Crippen LogP contribution is 2.50. The summed E-state index contributed by atoms with van der Waals surface area (Å²) in [6, 6.07) is 13.8. The average Bonchev–Trinajstić information content (AvgIpc) is 3.10. The first-order valence-electron chi connectivity index (χ1n) is 15.8. The lowest BCUT2D eigenvalue weighted by atomic mass is 9.75. The Labute approximate surface area is 244 Å². The Morgan fingerprint density at radius 3 is 2.40 bits per heavy atom. The summed E-state index contributed by atoms with van der Waals surface area (Å²) < 4.78 is 5.78. The molecule has 1 aliphatic heterocycles. The summed E-state index contributed by atoms with van der Waals surface area (Å²) in [6.45, 7) is 20.7. The van der Waals surface area contributed by atoms with Gasteiger partial charge >= 0.3 is 0 Å². The highest BCUT2D eigenvalue weighted by molar-refractivity contribution is 5.94. The number of hydrogen-bond donors (Lipinski definition) is 0. The molecule has 0 aromatic heterocycles. The second-order valence-electron chi connectivity index (χ2n) is 13.6. The SMILES string of the molecule is C=Cc1ccc(/C(=C2\CCC(C)(C(=C)N3CC(C)CC(C)C3)Cc3cc(OC)ccc32)C2CCCCC2)c(C)c1. The summed E-state index contributed by atoms with van der Waals surface area (Å²) in [5.41, 5.74) is 11.4. The van der Waals surface area contributed by atoms with Crippen molar-refractivity contribution in [3.63, 3.8) is 0 Å². The van der Waals surface area contributed by atoms with Gasteiger partial charge in [-0.15, -0.1) is 0 Å². The molecule has 2 nitrogen and oxygen atoms in total. The summed E-state index contributed by atoms with van der Waals surface area (Å²) >= 11 is 0. The summed E-state index contributed by atoms with van der Waals surface area (Å²) in [5, 5.41) is 0. The van der Waals surface area contributed by atoms with Crippen molar-refractivity contribution >= 4 is 17.2 Å². The van der Waals surface area contributed by atoms with Crippen LogP contribution in [0.3, 0.4) is 0 Å². The predicted octanol–water partition coefficient (Wildman–Crippen LogP) is 9.97. The van der Waals surface area contributed by atoms with Crippen LogP contribution in [0.4, 0.5) is 0 Å². The van der Waals surface area contributed by atoms with Gasteiger partial charge in [-0.25, -0.2) is 0 Å². The zero-order chi connectivity index (χ0) is 28.4. The molecular weight excluding hydrogens is 486 g/mol. The normalized spacial score (nSPS) is 27.0. The predicted molar refractivity (Wildman–Crippen MR) is 172 cm³/mol. The van der Waals surface area contributed by atoms with Crippen LogP contribution in [0.1, 0.15) is 100.0 Å². The molecule has 1 heterocycles. The molecule has 1 saturated heterocycles. The first kappa shape index (κ1) is 28.8. The molecule has 214 valence electrons. The van der Waals surface area contributed by atoms with Gasteiger partial charge < -0.3 is 9.64 Å². The average molecular weight is 538 g/mol. The molecule has 0 bridgehead atoms. The van der Waals surface area contributed by atoms with E-state index in [4.69, 9.17) is 11.3 Å². The number of methoxy groups -OCH3 is 1. The highest BCUT2D eigenvalue weighted by Gasteiger charge is 2.38. The van der Waals surface area contributed by atoms with Crippen molar-refractivity contribution in [3.8, 4) is 5.75 Å². The van der Waals surface area contributed by atoms with Crippen molar-refractivity contribution in [1.29, 1.82) is 0 Å². The van der Waals surface area contributed by atoms with Crippen molar-refractivity contribution in [2.24, 2.45) is 23.2 Å². The smallest absolute Gasteiger partial charge is 0.119 e. The number of aryl methyl sites for hydroxylation is 1. The minimum absolute atomic E-state index is 0.0130. The van der Waals surface area contributed by atoms with E-state index in [1.807, 2.05) is 6.08 Å². The van der Waals surface area contributed by atoms with Gasteiger partial charge in [0.05, 0.1) is 7.11 Å². The van der Waals surface area contributed by atoms with Crippen LogP contribution in [0.15, 0.2) is 55.3 Å². The van der Waals surface area contributed by atoms with Crippen LogP contribution in [-0.4, -0.2) is 25.1 Å². The second kappa shape index (κ2) is 12.0. The highest BCUT2D eigenvalue weighted by atomic mass is 16.5. The molecule has 5 rings (SSSR count). The molecular formula is C38H51NO. The van der Waals surface area contributed by atoms with E-state index in [2.05, 4.69) is 75.6 Å². The Bertz CT molecular complexity index is 1270. The molecule has 0 amide bonds. The zero-order valence-corrected chi connectivity index (χ0v) is 25.8. The zero-order valence-electron chi connectivity index (χ0n) is 25.8. The standard InChI is InChI=1S/C38H51NO/c1-8-30-14-16-34(28(4)21-30)37(31-12-10-9-11-13-31)36-18-19-38(6,23-32-22-33(40-7)15-17-35(32)36)29(5)39-24-26(2)20-27(3)25-39/h8,14-17,21-22,26-27,31H,1,5,9-13,18-20,23-25H2,2-4,6-7H3/b37-36+. The van der Waals surface area contributed by atoms with Crippen LogP contribution in [0.5, 0.6) is 5.75 Å². The van der Waals surface area contributed by atoms with Gasteiger partial charge in [-0.05, 0) is 114 Å². The van der Waals surface area contributed by atoms with Crippen LogP contribution in [0.25, 0.3) is 17.2 Å². The summed E-state index contributed by atoms with van der Waals surface area (Å²) in [6.07, 6.45) is 13.1. The van der Waals surface area contributed by atoms with Crippen LogP contribution >= 0.6 is 0 Å². The molecule has 0 spiro atoms. The quantitative estimate of drug-likeness (QED) is 0.340. The maximum absolute atomic E-state index is 5.78. The fourth-order valence-corrected chi connectivity index (χ4v) is 8.11. The lowest BCUT2D eigenvalue weighted by Gasteiger charge is -2.44. The monoisotopic (exact) mass is 537 g/mol. The molecule has 2 aromatic rings. The molecule has 2 fully saturated rings. The number of fused-ring (bicyclic) bond motifs is 1. The van der Waals surface area contributed by atoms with Gasteiger partial charge in [-0.2, -0.15) is 0 Å². The van der Waals surface area contributed by atoms with E-state index in [-0.39, 0.29) is 5.41 Å². The lowest BCUT2D eigenvalue weighted by Crippen LogP contribution is -2.42. The first-order chi connectivity index (χ1) is 19.2. The van der Waals surface area contributed by atoms with Crippen LogP contribution in [0, 0.1) is 30.1 Å². The summed E-state index contributed by atoms with van der Waals surface area (Å²) in [7, 11) is 1.79. The van der Waals surface area contributed by atoms with Gasteiger partial charge in [-0.3, -0.25) is 0 Å². The van der Waals surface area contributed by atoms with Crippen molar-refractivity contribution < 1.29 is 4.74 Å². The third-order valence-electron chi connectivity index (χ3n) is 10.2. The van der Waals surface area contributed by atoms with Gasteiger partial charge in [0, 0.05) is 24.2 Å². The number of nitrogens with zero attached hydrogens (tertiary/aromatic N) is 1. The van der Waals surface area contributed by atoms with Gasteiger partial charge in [0.25, 0.3) is 0 Å². The van der Waals surface area contributed by atoms with Crippen molar-refractivity contribution in [2.75, 3.05) is 20.2 Å². The molecule has 2 aromatic carbocycles. The second-order valence-corrected chi connectivity index (χ2v) is 13.6. The fraction of sp³-hybridized carbons (Fsp3) is 0.526. The van der Waals surface area contributed by atoms with Crippen LogP contribution in [0.2, 0.25) is 0 Å². The number of allylic oxidation sites excluding steroid dienone is 3. The molecule has 1 saturated carbocycles. The van der Waals surface area contributed by atoms with E-state index in [0.29, 0.717) is 5.92 Å².